The molecule has 7 aromatic carbocycles. The molecule has 2 nitrogen and oxygen atoms in total. The van der Waals surface area contributed by atoms with Crippen LogP contribution in [0.2, 0.25) is 0 Å². The quantitative estimate of drug-likeness (QED) is 0.172. The molecule has 56 heavy (non-hydrogen) atoms. The first-order chi connectivity index (χ1) is 27.3. The summed E-state index contributed by atoms with van der Waals surface area (Å²) in [5, 5.41) is 2.57. The smallest absolute Gasteiger partial charge is 0.0541 e. The molecule has 0 saturated carbocycles. The Morgan fingerprint density at radius 3 is 1.93 bits per heavy atom. The molecule has 2 heteroatoms. The summed E-state index contributed by atoms with van der Waals surface area (Å²) in [6.07, 6.45) is 7.13. The lowest BCUT2D eigenvalue weighted by atomic mass is 9.71. The second-order valence-electron chi connectivity index (χ2n) is 17.0. The van der Waals surface area contributed by atoms with Crippen molar-refractivity contribution in [2.45, 2.75) is 44.4 Å². The van der Waals surface area contributed by atoms with Crippen LogP contribution in [0.25, 0.3) is 44.2 Å². The second kappa shape index (κ2) is 12.1. The molecule has 0 bridgehead atoms. The van der Waals surface area contributed by atoms with E-state index in [1.165, 1.54) is 83.4 Å². The molecule has 11 rings (SSSR count). The summed E-state index contributed by atoms with van der Waals surface area (Å²) in [5.41, 5.74) is 18.1. The highest BCUT2D eigenvalue weighted by Crippen LogP contribution is 2.58. The zero-order chi connectivity index (χ0) is 37.8. The molecule has 0 amide bonds. The number of hydrogen-bond acceptors (Lipinski definition) is 1. The Bertz CT molecular complexity index is 2880. The van der Waals surface area contributed by atoms with Crippen LogP contribution in [0.3, 0.4) is 0 Å². The lowest BCUT2D eigenvalue weighted by Gasteiger charge is -2.33. The number of benzene rings is 7. The average Bonchev–Trinajstić information content (AvgIpc) is 3.78. The van der Waals surface area contributed by atoms with Gasteiger partial charge in [-0.2, -0.15) is 0 Å². The maximum absolute atomic E-state index is 2.49. The van der Waals surface area contributed by atoms with E-state index in [0.29, 0.717) is 5.92 Å². The third-order valence-electron chi connectivity index (χ3n) is 13.3. The summed E-state index contributed by atoms with van der Waals surface area (Å²) in [5.74, 6) is 0.603. The molecule has 270 valence electrons. The van der Waals surface area contributed by atoms with Crippen LogP contribution in [0.5, 0.6) is 0 Å². The van der Waals surface area contributed by atoms with Gasteiger partial charge in [0.1, 0.15) is 0 Å². The molecular formula is C54H44N2. The van der Waals surface area contributed by atoms with Gasteiger partial charge in [-0.15, -0.1) is 0 Å². The van der Waals surface area contributed by atoms with E-state index < -0.39 is 0 Å². The molecule has 3 aliphatic carbocycles. The van der Waals surface area contributed by atoms with Crippen molar-refractivity contribution in [3.8, 4) is 16.8 Å². The van der Waals surface area contributed by atoms with Crippen LogP contribution in [-0.4, -0.2) is 4.57 Å². The first-order valence-corrected chi connectivity index (χ1v) is 20.0. The lowest BCUT2D eigenvalue weighted by molar-refractivity contribution is 0.399. The Morgan fingerprint density at radius 1 is 0.518 bits per heavy atom. The summed E-state index contributed by atoms with van der Waals surface area (Å²) in [4.78, 5) is 2.46. The van der Waals surface area contributed by atoms with Gasteiger partial charge in [0.25, 0.3) is 0 Å². The van der Waals surface area contributed by atoms with Gasteiger partial charge in [-0.25, -0.2) is 0 Å². The van der Waals surface area contributed by atoms with E-state index in [1.54, 1.807) is 0 Å². The number of allylic oxidation sites excluding steroid dienone is 4. The third kappa shape index (κ3) is 4.69. The number of nitrogens with zero attached hydrogens (tertiary/aromatic N) is 2. The molecule has 3 aliphatic rings. The van der Waals surface area contributed by atoms with Crippen molar-refractivity contribution in [3.05, 3.63) is 210 Å². The lowest BCUT2D eigenvalue weighted by Crippen LogP contribution is -2.26. The predicted molar refractivity (Wildman–Crippen MR) is 236 cm³/mol. The zero-order valence-electron chi connectivity index (χ0n) is 32.4. The molecule has 0 aliphatic heterocycles. The fourth-order valence-corrected chi connectivity index (χ4v) is 10.6. The Kier molecular flexibility index (Phi) is 7.11. The molecule has 0 saturated heterocycles. The second-order valence-corrected chi connectivity index (χ2v) is 17.0. The van der Waals surface area contributed by atoms with Crippen LogP contribution < -0.4 is 4.90 Å². The van der Waals surface area contributed by atoms with Gasteiger partial charge in [0, 0.05) is 44.9 Å². The Morgan fingerprint density at radius 2 is 1.16 bits per heavy atom. The highest BCUT2D eigenvalue weighted by Gasteiger charge is 2.47. The normalized spacial score (nSPS) is 18.3. The van der Waals surface area contributed by atoms with E-state index in [9.17, 15) is 0 Å². The van der Waals surface area contributed by atoms with E-state index in [1.807, 2.05) is 0 Å². The number of aromatic nitrogens is 1. The van der Waals surface area contributed by atoms with E-state index in [-0.39, 0.29) is 16.7 Å². The minimum atomic E-state index is -0.0756. The van der Waals surface area contributed by atoms with Crippen molar-refractivity contribution in [1.29, 1.82) is 0 Å². The van der Waals surface area contributed by atoms with Crippen molar-refractivity contribution in [3.63, 3.8) is 0 Å². The van der Waals surface area contributed by atoms with Gasteiger partial charge in [-0.3, -0.25) is 0 Å². The fraction of sp³-hybridized carbons (Fsp3) is 0.148. The Hall–Kier alpha value is -6.38. The van der Waals surface area contributed by atoms with Crippen molar-refractivity contribution in [2.24, 2.45) is 5.92 Å². The minimum absolute atomic E-state index is 0.0691. The molecule has 8 aromatic rings. The maximum Gasteiger partial charge on any atom is 0.0541 e. The minimum Gasteiger partial charge on any atom is -0.310 e. The van der Waals surface area contributed by atoms with Crippen LogP contribution in [0.4, 0.5) is 17.1 Å². The molecule has 0 radical (unpaired) electrons. The van der Waals surface area contributed by atoms with Gasteiger partial charge in [0.15, 0.2) is 0 Å². The first-order valence-electron chi connectivity index (χ1n) is 20.0. The predicted octanol–water partition coefficient (Wildman–Crippen LogP) is 14.2. The van der Waals surface area contributed by atoms with Crippen molar-refractivity contribution >= 4 is 44.4 Å². The Balaban J connectivity index is 1.02. The van der Waals surface area contributed by atoms with Crippen LogP contribution in [-0.2, 0) is 10.8 Å². The first kappa shape index (κ1) is 33.0. The highest BCUT2D eigenvalue weighted by atomic mass is 15.1. The number of rotatable bonds is 5. The van der Waals surface area contributed by atoms with Gasteiger partial charge < -0.3 is 9.47 Å². The van der Waals surface area contributed by atoms with Crippen LogP contribution in [0.15, 0.2) is 182 Å². The summed E-state index contributed by atoms with van der Waals surface area (Å²) in [7, 11) is 0. The van der Waals surface area contributed by atoms with Crippen LogP contribution >= 0.6 is 0 Å². The monoisotopic (exact) mass is 720 g/mol. The van der Waals surface area contributed by atoms with Crippen molar-refractivity contribution in [2.75, 3.05) is 4.90 Å². The maximum atomic E-state index is 2.49. The van der Waals surface area contributed by atoms with Gasteiger partial charge in [-0.1, -0.05) is 149 Å². The zero-order valence-corrected chi connectivity index (χ0v) is 32.4. The largest absolute Gasteiger partial charge is 0.310 e. The van der Waals surface area contributed by atoms with Crippen molar-refractivity contribution < 1.29 is 0 Å². The highest BCUT2D eigenvalue weighted by molar-refractivity contribution is 6.09. The number of hydrogen-bond donors (Lipinski definition) is 0. The van der Waals surface area contributed by atoms with Crippen molar-refractivity contribution in [1.82, 2.24) is 4.57 Å². The molecule has 0 fully saturated rings. The standard InChI is InChI=1S/C54H44N2/c1-53(2)46-24-11-8-20-41(46)42-30-28-38(33-48(42)53)55(36-17-6-5-7-18-36)39-29-31-45-49(34-39)54(3,4)47-25-15-23-40(52(45)47)35-16-14-19-37(32-35)56-50-26-12-9-21-43(50)44-22-10-13-27-51(44)56/h5-34,47,52H,1-4H3. The number of fused-ring (bicyclic) bond motifs is 9. The summed E-state index contributed by atoms with van der Waals surface area (Å²) < 4.78 is 2.43. The van der Waals surface area contributed by atoms with Crippen LogP contribution in [0.1, 0.15) is 61.4 Å². The number of para-hydroxylation sites is 3. The molecule has 1 heterocycles. The Labute approximate surface area is 329 Å². The van der Waals surface area contributed by atoms with Gasteiger partial charge in [0.05, 0.1) is 11.0 Å². The van der Waals surface area contributed by atoms with E-state index >= 15 is 0 Å². The molecule has 2 unspecified atom stereocenters. The topological polar surface area (TPSA) is 8.17 Å². The summed E-state index contributed by atoms with van der Waals surface area (Å²) in [6, 6.07) is 60.9. The van der Waals surface area contributed by atoms with Gasteiger partial charge in [-0.05, 0) is 117 Å². The third-order valence-corrected chi connectivity index (χ3v) is 13.3. The van der Waals surface area contributed by atoms with Gasteiger partial charge >= 0.3 is 0 Å². The van der Waals surface area contributed by atoms with E-state index in [2.05, 4.69) is 219 Å². The van der Waals surface area contributed by atoms with Crippen LogP contribution in [0, 0.1) is 5.92 Å². The van der Waals surface area contributed by atoms with Gasteiger partial charge in [0.2, 0.25) is 0 Å². The molecule has 0 spiro atoms. The summed E-state index contributed by atoms with van der Waals surface area (Å²) in [6.45, 7) is 9.63. The number of anilines is 3. The SMILES string of the molecule is CC1(C)c2ccccc2-c2ccc(N(c3ccccc3)c3ccc4c(c3)C(C)(C)C3C=CC=C(c5cccc(-n6c7ccccc7c7ccccc76)c5)C43)cc21. The molecule has 0 N–H and O–H groups in total. The average molecular weight is 721 g/mol. The molecule has 2 atom stereocenters. The summed E-state index contributed by atoms with van der Waals surface area (Å²) >= 11 is 0. The molecule has 1 aromatic heterocycles. The fourth-order valence-electron chi connectivity index (χ4n) is 10.6. The van der Waals surface area contributed by atoms with E-state index in [0.717, 1.165) is 5.69 Å². The van der Waals surface area contributed by atoms with E-state index in [4.69, 9.17) is 0 Å². The molecular weight excluding hydrogens is 677 g/mol.